The van der Waals surface area contributed by atoms with Crippen LogP contribution in [0, 0.1) is 0 Å². The lowest BCUT2D eigenvalue weighted by Crippen LogP contribution is -2.33. The molecule has 0 saturated carbocycles. The van der Waals surface area contributed by atoms with Crippen molar-refractivity contribution in [2.75, 3.05) is 25.0 Å². The van der Waals surface area contributed by atoms with Crippen LogP contribution in [0.4, 0.5) is 5.69 Å². The molecule has 1 fully saturated rings. The molecule has 29 heavy (non-hydrogen) atoms. The van der Waals surface area contributed by atoms with E-state index in [0.29, 0.717) is 28.7 Å². The van der Waals surface area contributed by atoms with Crippen LogP contribution in [0.5, 0.6) is 11.5 Å². The topological polar surface area (TPSA) is 59.6 Å². The van der Waals surface area contributed by atoms with Crippen LogP contribution in [0.25, 0.3) is 0 Å². The van der Waals surface area contributed by atoms with Crippen LogP contribution >= 0.6 is 11.6 Å². The summed E-state index contributed by atoms with van der Waals surface area (Å²) in [6.07, 6.45) is 0.0571. The molecule has 1 aliphatic rings. The Morgan fingerprint density at radius 3 is 2.24 bits per heavy atom. The molecule has 1 unspecified atom stereocenters. The summed E-state index contributed by atoms with van der Waals surface area (Å²) in [6.45, 7) is 2.39. The maximum atomic E-state index is 12.5. The molecule has 1 aliphatic heterocycles. The monoisotopic (exact) mass is 408 g/mol. The SMILES string of the molecule is O=C(Nc1ccc(C2CNCCO2)cc1)c1ccc(Oc2ccc(Cl)cc2)cc1. The number of nitrogens with one attached hydrogen (secondary N) is 2. The van der Waals surface area contributed by atoms with Crippen molar-refractivity contribution in [3.8, 4) is 11.5 Å². The molecular formula is C23H21ClN2O3. The van der Waals surface area contributed by atoms with Gasteiger partial charge in [-0.2, -0.15) is 0 Å². The van der Waals surface area contributed by atoms with Gasteiger partial charge in [0.25, 0.3) is 5.91 Å². The second-order valence-electron chi connectivity index (χ2n) is 6.72. The number of ether oxygens (including phenoxy) is 2. The molecule has 5 nitrogen and oxygen atoms in total. The normalized spacial score (nSPS) is 16.2. The Bertz CT molecular complexity index is 951. The molecule has 0 spiro atoms. The number of carbonyl (C=O) groups is 1. The highest BCUT2D eigenvalue weighted by atomic mass is 35.5. The van der Waals surface area contributed by atoms with Gasteiger partial charge in [0, 0.05) is 29.4 Å². The number of halogens is 1. The molecule has 148 valence electrons. The Balaban J connectivity index is 1.36. The Morgan fingerprint density at radius 2 is 1.62 bits per heavy atom. The molecule has 0 bridgehead atoms. The lowest BCUT2D eigenvalue weighted by atomic mass is 10.1. The van der Waals surface area contributed by atoms with Gasteiger partial charge in [0.2, 0.25) is 0 Å². The van der Waals surface area contributed by atoms with Crippen molar-refractivity contribution >= 4 is 23.2 Å². The fraction of sp³-hybridized carbons (Fsp3) is 0.174. The highest BCUT2D eigenvalue weighted by molar-refractivity contribution is 6.30. The Morgan fingerprint density at radius 1 is 0.966 bits per heavy atom. The smallest absolute Gasteiger partial charge is 0.255 e. The van der Waals surface area contributed by atoms with Crippen LogP contribution in [0.15, 0.2) is 72.8 Å². The number of benzene rings is 3. The molecule has 2 N–H and O–H groups in total. The van der Waals surface area contributed by atoms with Gasteiger partial charge in [-0.25, -0.2) is 0 Å². The van der Waals surface area contributed by atoms with Gasteiger partial charge in [-0.05, 0) is 66.2 Å². The van der Waals surface area contributed by atoms with Crippen LogP contribution in [0.2, 0.25) is 5.02 Å². The first-order valence-corrected chi connectivity index (χ1v) is 9.82. The number of hydrogen-bond acceptors (Lipinski definition) is 4. The first-order chi connectivity index (χ1) is 14.2. The lowest BCUT2D eigenvalue weighted by molar-refractivity contribution is 0.0277. The summed E-state index contributed by atoms with van der Waals surface area (Å²) in [7, 11) is 0. The van der Waals surface area contributed by atoms with Gasteiger partial charge in [-0.1, -0.05) is 23.7 Å². The van der Waals surface area contributed by atoms with Crippen molar-refractivity contribution in [2.45, 2.75) is 6.10 Å². The van der Waals surface area contributed by atoms with Crippen molar-refractivity contribution in [3.63, 3.8) is 0 Å². The zero-order valence-corrected chi connectivity index (χ0v) is 16.5. The summed E-state index contributed by atoms with van der Waals surface area (Å²) < 4.78 is 11.5. The minimum absolute atomic E-state index is 0.0571. The zero-order valence-electron chi connectivity index (χ0n) is 15.7. The van der Waals surface area contributed by atoms with Crippen molar-refractivity contribution in [3.05, 3.63) is 88.9 Å². The largest absolute Gasteiger partial charge is 0.457 e. The van der Waals surface area contributed by atoms with Crippen LogP contribution < -0.4 is 15.4 Å². The first-order valence-electron chi connectivity index (χ1n) is 9.44. The minimum Gasteiger partial charge on any atom is -0.457 e. The van der Waals surface area contributed by atoms with Gasteiger partial charge < -0.3 is 20.1 Å². The highest BCUT2D eigenvalue weighted by Gasteiger charge is 2.15. The van der Waals surface area contributed by atoms with Crippen LogP contribution in [-0.4, -0.2) is 25.6 Å². The van der Waals surface area contributed by atoms with E-state index in [0.717, 1.165) is 24.3 Å². The summed E-state index contributed by atoms with van der Waals surface area (Å²) in [5.74, 6) is 1.16. The average molecular weight is 409 g/mol. The maximum Gasteiger partial charge on any atom is 0.255 e. The molecule has 3 aromatic carbocycles. The number of morpholine rings is 1. The molecule has 4 rings (SSSR count). The van der Waals surface area contributed by atoms with E-state index in [9.17, 15) is 4.79 Å². The Hall–Kier alpha value is -2.86. The van der Waals surface area contributed by atoms with E-state index in [4.69, 9.17) is 21.1 Å². The Kier molecular flexibility index (Phi) is 6.10. The van der Waals surface area contributed by atoms with Gasteiger partial charge in [0.15, 0.2) is 0 Å². The number of hydrogen-bond donors (Lipinski definition) is 2. The summed E-state index contributed by atoms with van der Waals surface area (Å²) in [5.41, 5.74) is 2.39. The molecule has 1 atom stereocenters. The van der Waals surface area contributed by atoms with Gasteiger partial charge >= 0.3 is 0 Å². The summed E-state index contributed by atoms with van der Waals surface area (Å²) in [5, 5.41) is 6.88. The number of amides is 1. The number of anilines is 1. The minimum atomic E-state index is -0.175. The van der Waals surface area contributed by atoms with E-state index in [2.05, 4.69) is 10.6 Å². The standard InChI is InChI=1S/C23H21ClN2O3/c24-18-5-11-21(12-6-18)29-20-9-3-17(4-10-20)23(27)26-19-7-1-16(2-8-19)22-15-25-13-14-28-22/h1-12,22,25H,13-15H2,(H,26,27). The summed E-state index contributed by atoms with van der Waals surface area (Å²) in [4.78, 5) is 12.5. The van der Waals surface area contributed by atoms with E-state index < -0.39 is 0 Å². The maximum absolute atomic E-state index is 12.5. The third kappa shape index (κ3) is 5.15. The molecule has 3 aromatic rings. The quantitative estimate of drug-likeness (QED) is 0.620. The molecule has 1 amide bonds. The third-order valence-corrected chi connectivity index (χ3v) is 4.89. The number of carbonyl (C=O) groups excluding carboxylic acids is 1. The van der Waals surface area contributed by atoms with Crippen molar-refractivity contribution in [1.82, 2.24) is 5.32 Å². The fourth-order valence-corrected chi connectivity index (χ4v) is 3.20. The first kappa shape index (κ1) is 19.5. The lowest BCUT2D eigenvalue weighted by Gasteiger charge is -2.24. The third-order valence-electron chi connectivity index (χ3n) is 4.63. The van der Waals surface area contributed by atoms with Gasteiger partial charge in [0.1, 0.15) is 11.5 Å². The number of rotatable bonds is 5. The predicted octanol–water partition coefficient (Wildman–Crippen LogP) is 5.05. The molecular weight excluding hydrogens is 388 g/mol. The summed E-state index contributed by atoms with van der Waals surface area (Å²) >= 11 is 5.88. The van der Waals surface area contributed by atoms with Crippen molar-refractivity contribution in [1.29, 1.82) is 0 Å². The molecule has 0 aromatic heterocycles. The fourth-order valence-electron chi connectivity index (χ4n) is 3.08. The second kappa shape index (κ2) is 9.09. The molecule has 6 heteroatoms. The molecule has 1 saturated heterocycles. The molecule has 0 aliphatic carbocycles. The van der Waals surface area contributed by atoms with E-state index in [1.807, 2.05) is 24.3 Å². The van der Waals surface area contributed by atoms with E-state index >= 15 is 0 Å². The van der Waals surface area contributed by atoms with Crippen LogP contribution in [-0.2, 0) is 4.74 Å². The van der Waals surface area contributed by atoms with E-state index in [1.165, 1.54) is 0 Å². The van der Waals surface area contributed by atoms with E-state index in [1.54, 1.807) is 48.5 Å². The van der Waals surface area contributed by atoms with Crippen molar-refractivity contribution in [2.24, 2.45) is 0 Å². The average Bonchev–Trinajstić information content (AvgIpc) is 2.77. The van der Waals surface area contributed by atoms with Gasteiger partial charge in [-0.15, -0.1) is 0 Å². The zero-order chi connectivity index (χ0) is 20.1. The second-order valence-corrected chi connectivity index (χ2v) is 7.16. The van der Waals surface area contributed by atoms with Crippen molar-refractivity contribution < 1.29 is 14.3 Å². The van der Waals surface area contributed by atoms with Gasteiger partial charge in [-0.3, -0.25) is 4.79 Å². The highest BCUT2D eigenvalue weighted by Crippen LogP contribution is 2.24. The van der Waals surface area contributed by atoms with Crippen LogP contribution in [0.3, 0.4) is 0 Å². The van der Waals surface area contributed by atoms with Crippen LogP contribution in [0.1, 0.15) is 22.0 Å². The molecule has 1 heterocycles. The Labute approximate surface area is 174 Å². The summed E-state index contributed by atoms with van der Waals surface area (Å²) in [6, 6.07) is 21.9. The van der Waals surface area contributed by atoms with E-state index in [-0.39, 0.29) is 12.0 Å². The van der Waals surface area contributed by atoms with Gasteiger partial charge in [0.05, 0.1) is 12.7 Å². The molecule has 0 radical (unpaired) electrons. The predicted molar refractivity (Wildman–Crippen MR) is 114 cm³/mol.